The van der Waals surface area contributed by atoms with E-state index in [1.807, 2.05) is 6.92 Å². The minimum atomic E-state index is -0.412. The van der Waals surface area contributed by atoms with Crippen LogP contribution >= 0.6 is 11.6 Å². The number of ether oxygens (including phenoxy) is 1. The van der Waals surface area contributed by atoms with E-state index in [0.717, 1.165) is 6.42 Å². The molecule has 0 aliphatic carbocycles. The number of nitrogens with two attached hydrogens (primary N) is 1. The second-order valence-electron chi connectivity index (χ2n) is 4.32. The van der Waals surface area contributed by atoms with Crippen LogP contribution in [0.4, 0.5) is 21.5 Å². The van der Waals surface area contributed by atoms with Crippen molar-refractivity contribution < 1.29 is 9.13 Å². The molecule has 0 aliphatic rings. The van der Waals surface area contributed by atoms with Crippen LogP contribution in [-0.2, 0) is 0 Å². The van der Waals surface area contributed by atoms with Gasteiger partial charge in [-0.3, -0.25) is 0 Å². The van der Waals surface area contributed by atoms with E-state index in [4.69, 9.17) is 22.1 Å². The number of para-hydroxylation sites is 1. The van der Waals surface area contributed by atoms with Crippen LogP contribution in [-0.4, -0.2) is 6.61 Å². The average molecular weight is 295 g/mol. The standard InChI is InChI=1S/C15H16ClFN2O/c1-2-8-20-14-9-10(6-7-13(14)18)19-15-11(16)4-3-5-12(15)17/h3-7,9,19H,2,8,18H2,1H3. The average Bonchev–Trinajstić information content (AvgIpc) is 2.43. The molecule has 0 aromatic heterocycles. The number of anilines is 3. The van der Waals surface area contributed by atoms with Gasteiger partial charge in [-0.25, -0.2) is 4.39 Å². The van der Waals surface area contributed by atoms with Crippen molar-refractivity contribution in [2.45, 2.75) is 13.3 Å². The molecule has 0 spiro atoms. The lowest BCUT2D eigenvalue weighted by Gasteiger charge is -2.13. The molecule has 0 amide bonds. The molecule has 0 saturated carbocycles. The summed E-state index contributed by atoms with van der Waals surface area (Å²) in [7, 11) is 0. The number of rotatable bonds is 5. The summed E-state index contributed by atoms with van der Waals surface area (Å²) in [4.78, 5) is 0. The van der Waals surface area contributed by atoms with Gasteiger partial charge >= 0.3 is 0 Å². The van der Waals surface area contributed by atoms with E-state index in [0.29, 0.717) is 28.8 Å². The van der Waals surface area contributed by atoms with E-state index in [2.05, 4.69) is 5.32 Å². The van der Waals surface area contributed by atoms with Gasteiger partial charge in [0.2, 0.25) is 0 Å². The van der Waals surface area contributed by atoms with Crippen LogP contribution in [0.25, 0.3) is 0 Å². The van der Waals surface area contributed by atoms with Crippen molar-refractivity contribution in [3.63, 3.8) is 0 Å². The highest BCUT2D eigenvalue weighted by Gasteiger charge is 2.08. The van der Waals surface area contributed by atoms with Gasteiger partial charge in [0, 0.05) is 11.8 Å². The third kappa shape index (κ3) is 3.33. The molecule has 2 aromatic rings. The summed E-state index contributed by atoms with van der Waals surface area (Å²) < 4.78 is 19.2. The molecule has 2 rings (SSSR count). The van der Waals surface area contributed by atoms with Crippen LogP contribution < -0.4 is 15.8 Å². The molecular weight excluding hydrogens is 279 g/mol. The predicted molar refractivity (Wildman–Crippen MR) is 81.3 cm³/mol. The van der Waals surface area contributed by atoms with Gasteiger partial charge in [-0.15, -0.1) is 0 Å². The van der Waals surface area contributed by atoms with E-state index in [1.54, 1.807) is 30.3 Å². The van der Waals surface area contributed by atoms with Crippen molar-refractivity contribution in [1.82, 2.24) is 0 Å². The minimum absolute atomic E-state index is 0.236. The molecule has 0 fully saturated rings. The third-order valence-corrected chi connectivity index (χ3v) is 3.02. The van der Waals surface area contributed by atoms with Gasteiger partial charge in [-0.1, -0.05) is 24.6 Å². The molecule has 3 N–H and O–H groups in total. The zero-order valence-electron chi connectivity index (χ0n) is 11.1. The molecule has 106 valence electrons. The van der Waals surface area contributed by atoms with Crippen LogP contribution in [0.1, 0.15) is 13.3 Å². The Kier molecular flexibility index (Phi) is 4.69. The smallest absolute Gasteiger partial charge is 0.148 e. The quantitative estimate of drug-likeness (QED) is 0.793. The molecular formula is C15H16ClFN2O. The molecule has 3 nitrogen and oxygen atoms in total. The molecule has 0 heterocycles. The van der Waals surface area contributed by atoms with Crippen LogP contribution in [0.2, 0.25) is 5.02 Å². The number of hydrogen-bond acceptors (Lipinski definition) is 3. The van der Waals surface area contributed by atoms with Crippen LogP contribution in [0, 0.1) is 5.82 Å². The number of nitrogen functional groups attached to an aromatic ring is 1. The zero-order chi connectivity index (χ0) is 14.5. The molecule has 0 radical (unpaired) electrons. The summed E-state index contributed by atoms with van der Waals surface area (Å²) in [6.45, 7) is 2.59. The topological polar surface area (TPSA) is 47.3 Å². The van der Waals surface area contributed by atoms with Crippen molar-refractivity contribution in [2.75, 3.05) is 17.7 Å². The highest BCUT2D eigenvalue weighted by Crippen LogP contribution is 2.31. The summed E-state index contributed by atoms with van der Waals surface area (Å²) in [5, 5.41) is 3.26. The van der Waals surface area contributed by atoms with Crippen molar-refractivity contribution >= 4 is 28.7 Å². The molecule has 0 bridgehead atoms. The van der Waals surface area contributed by atoms with Crippen LogP contribution in [0.3, 0.4) is 0 Å². The Hall–Kier alpha value is -1.94. The Balaban J connectivity index is 2.25. The SMILES string of the molecule is CCCOc1cc(Nc2c(F)cccc2Cl)ccc1N. The fourth-order valence-corrected chi connectivity index (χ4v) is 1.92. The zero-order valence-corrected chi connectivity index (χ0v) is 11.9. The fourth-order valence-electron chi connectivity index (χ4n) is 1.71. The van der Waals surface area contributed by atoms with Gasteiger partial charge in [0.05, 0.1) is 23.0 Å². The molecule has 0 aliphatic heterocycles. The molecule has 5 heteroatoms. The minimum Gasteiger partial charge on any atom is -0.491 e. The molecule has 2 aromatic carbocycles. The van der Waals surface area contributed by atoms with Gasteiger partial charge in [-0.05, 0) is 30.7 Å². The molecule has 20 heavy (non-hydrogen) atoms. The van der Waals surface area contributed by atoms with Crippen molar-refractivity contribution in [1.29, 1.82) is 0 Å². The van der Waals surface area contributed by atoms with Gasteiger partial charge in [0.25, 0.3) is 0 Å². The van der Waals surface area contributed by atoms with Crippen molar-refractivity contribution in [3.8, 4) is 5.75 Å². The Morgan fingerprint density at radius 3 is 2.80 bits per heavy atom. The second-order valence-corrected chi connectivity index (χ2v) is 4.73. The van der Waals surface area contributed by atoms with Gasteiger partial charge in [-0.2, -0.15) is 0 Å². The van der Waals surface area contributed by atoms with Gasteiger partial charge < -0.3 is 15.8 Å². The molecule has 0 atom stereocenters. The van der Waals surface area contributed by atoms with Crippen LogP contribution in [0.5, 0.6) is 5.75 Å². The van der Waals surface area contributed by atoms with E-state index >= 15 is 0 Å². The van der Waals surface area contributed by atoms with Gasteiger partial charge in [0.1, 0.15) is 11.6 Å². The van der Waals surface area contributed by atoms with Gasteiger partial charge in [0.15, 0.2) is 0 Å². The first kappa shape index (κ1) is 14.5. The second kappa shape index (κ2) is 6.48. The normalized spacial score (nSPS) is 10.3. The number of halogens is 2. The Morgan fingerprint density at radius 1 is 1.30 bits per heavy atom. The van der Waals surface area contributed by atoms with E-state index in [1.165, 1.54) is 6.07 Å². The van der Waals surface area contributed by atoms with E-state index in [-0.39, 0.29) is 5.69 Å². The highest BCUT2D eigenvalue weighted by atomic mass is 35.5. The lowest BCUT2D eigenvalue weighted by molar-refractivity contribution is 0.319. The first-order valence-corrected chi connectivity index (χ1v) is 6.73. The van der Waals surface area contributed by atoms with Crippen LogP contribution in [0.15, 0.2) is 36.4 Å². The third-order valence-electron chi connectivity index (χ3n) is 2.71. The number of nitrogens with one attached hydrogen (secondary N) is 1. The first-order chi connectivity index (χ1) is 9.61. The maximum Gasteiger partial charge on any atom is 0.148 e. The van der Waals surface area contributed by atoms with Crippen molar-refractivity contribution in [2.24, 2.45) is 0 Å². The Labute approximate surface area is 122 Å². The summed E-state index contributed by atoms with van der Waals surface area (Å²) >= 11 is 5.98. The molecule has 0 saturated heterocycles. The highest BCUT2D eigenvalue weighted by molar-refractivity contribution is 6.33. The van der Waals surface area contributed by atoms with E-state index in [9.17, 15) is 4.39 Å². The maximum absolute atomic E-state index is 13.7. The summed E-state index contributed by atoms with van der Waals surface area (Å²) in [5.41, 5.74) is 7.28. The lowest BCUT2D eigenvalue weighted by atomic mass is 10.2. The predicted octanol–water partition coefficient (Wildman–Crippen LogP) is 4.59. The summed E-state index contributed by atoms with van der Waals surface area (Å²) in [6.07, 6.45) is 0.885. The Morgan fingerprint density at radius 2 is 2.10 bits per heavy atom. The number of hydrogen-bond donors (Lipinski definition) is 2. The molecule has 0 unspecified atom stereocenters. The maximum atomic E-state index is 13.7. The largest absolute Gasteiger partial charge is 0.491 e. The van der Waals surface area contributed by atoms with E-state index < -0.39 is 5.82 Å². The fraction of sp³-hybridized carbons (Fsp3) is 0.200. The van der Waals surface area contributed by atoms with Crippen molar-refractivity contribution in [3.05, 3.63) is 47.2 Å². The summed E-state index contributed by atoms with van der Waals surface area (Å²) in [5.74, 6) is 0.162. The lowest BCUT2D eigenvalue weighted by Crippen LogP contribution is -2.01. The Bertz CT molecular complexity index is 584. The monoisotopic (exact) mass is 294 g/mol. The first-order valence-electron chi connectivity index (χ1n) is 6.35. The summed E-state index contributed by atoms with van der Waals surface area (Å²) in [6, 6.07) is 9.72. The number of benzene rings is 2.